The molecule has 4 rings (SSSR count). The third-order valence-corrected chi connectivity index (χ3v) is 4.97. The molecule has 0 fully saturated rings. The highest BCUT2D eigenvalue weighted by Crippen LogP contribution is 2.16. The summed E-state index contributed by atoms with van der Waals surface area (Å²) >= 11 is 5.92. The molecule has 168 valence electrons. The molecule has 4 aromatic rings. The standard InChI is InChI=1S/C22H19ClN6O4/c1-2-28-21(31)19(26-29(22(28)32)16-9-4-3-5-10-16)20-25-18(33-27-20)12-11-17(30)24-15-8-6-7-14(23)13-15/h3-10,13H,2,11-12H2,1H3,(H,24,30). The molecule has 0 saturated carbocycles. The van der Waals surface area contributed by atoms with E-state index in [0.29, 0.717) is 16.4 Å². The minimum Gasteiger partial charge on any atom is -0.339 e. The van der Waals surface area contributed by atoms with E-state index in [4.69, 9.17) is 16.1 Å². The van der Waals surface area contributed by atoms with Gasteiger partial charge in [-0.25, -0.2) is 4.79 Å². The molecular formula is C22H19ClN6O4. The van der Waals surface area contributed by atoms with Gasteiger partial charge in [-0.05, 0) is 37.3 Å². The van der Waals surface area contributed by atoms with Gasteiger partial charge in [0, 0.05) is 30.1 Å². The van der Waals surface area contributed by atoms with E-state index in [-0.39, 0.29) is 42.7 Å². The van der Waals surface area contributed by atoms with Gasteiger partial charge in [-0.3, -0.25) is 14.2 Å². The summed E-state index contributed by atoms with van der Waals surface area (Å²) in [5.41, 5.74) is -0.253. The Hall–Kier alpha value is -4.05. The zero-order chi connectivity index (χ0) is 23.4. The van der Waals surface area contributed by atoms with Crippen LogP contribution in [0.1, 0.15) is 19.2 Å². The number of carbonyl (C=O) groups excluding carboxylic acids is 1. The Kier molecular flexibility index (Phi) is 6.45. The lowest BCUT2D eigenvalue weighted by molar-refractivity contribution is -0.116. The number of halogens is 1. The van der Waals surface area contributed by atoms with E-state index in [1.165, 1.54) is 0 Å². The Balaban J connectivity index is 1.56. The van der Waals surface area contributed by atoms with Crippen molar-refractivity contribution in [3.05, 3.63) is 86.3 Å². The van der Waals surface area contributed by atoms with Crippen molar-refractivity contribution < 1.29 is 9.32 Å². The summed E-state index contributed by atoms with van der Waals surface area (Å²) in [4.78, 5) is 41.9. The molecule has 0 saturated heterocycles. The zero-order valence-electron chi connectivity index (χ0n) is 17.6. The Morgan fingerprint density at radius 2 is 1.91 bits per heavy atom. The molecule has 33 heavy (non-hydrogen) atoms. The summed E-state index contributed by atoms with van der Waals surface area (Å²) in [6.45, 7) is 1.83. The van der Waals surface area contributed by atoms with Gasteiger partial charge in [0.2, 0.25) is 17.6 Å². The molecule has 11 heteroatoms. The molecule has 0 atom stereocenters. The fourth-order valence-corrected chi connectivity index (χ4v) is 3.32. The van der Waals surface area contributed by atoms with Crippen LogP contribution < -0.4 is 16.6 Å². The smallest absolute Gasteiger partial charge is 0.339 e. The number of nitrogens with zero attached hydrogens (tertiary/aromatic N) is 5. The van der Waals surface area contributed by atoms with Gasteiger partial charge in [0.25, 0.3) is 5.56 Å². The van der Waals surface area contributed by atoms with Gasteiger partial charge in [0.1, 0.15) is 0 Å². The van der Waals surface area contributed by atoms with E-state index in [1.54, 1.807) is 61.5 Å². The van der Waals surface area contributed by atoms with Crippen LogP contribution in [0, 0.1) is 0 Å². The number of carbonyl (C=O) groups is 1. The Bertz CT molecular complexity index is 1410. The number of aryl methyl sites for hydroxylation is 1. The minimum absolute atomic E-state index is 0.0582. The highest BCUT2D eigenvalue weighted by molar-refractivity contribution is 6.30. The van der Waals surface area contributed by atoms with Crippen LogP contribution in [0.15, 0.2) is 68.7 Å². The lowest BCUT2D eigenvalue weighted by Crippen LogP contribution is -2.41. The number of para-hydroxylation sites is 1. The first-order chi connectivity index (χ1) is 16.0. The van der Waals surface area contributed by atoms with Gasteiger partial charge in [0.15, 0.2) is 5.69 Å². The normalized spacial score (nSPS) is 10.8. The summed E-state index contributed by atoms with van der Waals surface area (Å²) < 4.78 is 7.37. The van der Waals surface area contributed by atoms with Gasteiger partial charge in [-0.15, -0.1) is 0 Å². The van der Waals surface area contributed by atoms with Crippen LogP contribution in [0.3, 0.4) is 0 Å². The number of benzene rings is 2. The zero-order valence-corrected chi connectivity index (χ0v) is 18.3. The molecular weight excluding hydrogens is 448 g/mol. The van der Waals surface area contributed by atoms with Crippen LogP contribution in [0.4, 0.5) is 5.69 Å². The number of hydrogen-bond donors (Lipinski definition) is 1. The van der Waals surface area contributed by atoms with E-state index < -0.39 is 11.2 Å². The van der Waals surface area contributed by atoms with Crippen molar-refractivity contribution in [2.45, 2.75) is 26.3 Å². The van der Waals surface area contributed by atoms with Crippen molar-refractivity contribution in [1.82, 2.24) is 24.5 Å². The quantitative estimate of drug-likeness (QED) is 0.444. The SMILES string of the molecule is CCn1c(=O)c(-c2noc(CCC(=O)Nc3cccc(Cl)c3)n2)nn(-c2ccccc2)c1=O. The molecule has 0 unspecified atom stereocenters. The second-order valence-corrected chi connectivity index (χ2v) is 7.43. The Labute approximate surface area is 192 Å². The minimum atomic E-state index is -0.624. The van der Waals surface area contributed by atoms with Crippen molar-refractivity contribution >= 4 is 23.2 Å². The van der Waals surface area contributed by atoms with E-state index in [0.717, 1.165) is 9.25 Å². The van der Waals surface area contributed by atoms with E-state index in [1.807, 2.05) is 0 Å². The molecule has 0 aliphatic rings. The van der Waals surface area contributed by atoms with Gasteiger partial charge < -0.3 is 9.84 Å². The van der Waals surface area contributed by atoms with Crippen LogP contribution in [-0.2, 0) is 17.8 Å². The predicted octanol–water partition coefficient (Wildman–Crippen LogP) is 2.69. The van der Waals surface area contributed by atoms with Crippen LogP contribution in [0.2, 0.25) is 5.02 Å². The lowest BCUT2D eigenvalue weighted by atomic mass is 10.2. The monoisotopic (exact) mass is 466 g/mol. The third kappa shape index (κ3) is 4.90. The molecule has 2 heterocycles. The van der Waals surface area contributed by atoms with Crippen LogP contribution in [-0.4, -0.2) is 30.4 Å². The molecule has 2 aromatic heterocycles. The molecule has 2 aromatic carbocycles. The molecule has 0 aliphatic carbocycles. The fraction of sp³-hybridized carbons (Fsp3) is 0.182. The first-order valence-corrected chi connectivity index (χ1v) is 10.5. The predicted molar refractivity (Wildman–Crippen MR) is 121 cm³/mol. The average Bonchev–Trinajstić information content (AvgIpc) is 3.28. The van der Waals surface area contributed by atoms with Gasteiger partial charge in [0.05, 0.1) is 5.69 Å². The summed E-state index contributed by atoms with van der Waals surface area (Å²) in [7, 11) is 0. The molecule has 0 aliphatic heterocycles. The number of anilines is 1. The summed E-state index contributed by atoms with van der Waals surface area (Å²) in [6.07, 6.45) is 0.226. The highest BCUT2D eigenvalue weighted by atomic mass is 35.5. The fourth-order valence-electron chi connectivity index (χ4n) is 3.13. The number of aromatic nitrogens is 5. The van der Waals surface area contributed by atoms with E-state index in [2.05, 4.69) is 20.6 Å². The molecule has 1 N–H and O–H groups in total. The van der Waals surface area contributed by atoms with E-state index >= 15 is 0 Å². The second-order valence-electron chi connectivity index (χ2n) is 7.00. The Morgan fingerprint density at radius 3 is 2.64 bits per heavy atom. The van der Waals surface area contributed by atoms with Gasteiger partial charge in [-0.1, -0.05) is 41.0 Å². The number of rotatable bonds is 7. The topological polar surface area (TPSA) is 125 Å². The average molecular weight is 467 g/mol. The summed E-state index contributed by atoms with van der Waals surface area (Å²) in [5, 5.41) is 11.3. The lowest BCUT2D eigenvalue weighted by Gasteiger charge is -2.09. The molecule has 0 spiro atoms. The second kappa shape index (κ2) is 9.61. The Morgan fingerprint density at radius 1 is 1.12 bits per heavy atom. The van der Waals surface area contributed by atoms with Crippen LogP contribution in [0.25, 0.3) is 17.2 Å². The highest BCUT2D eigenvalue weighted by Gasteiger charge is 2.20. The maximum absolute atomic E-state index is 12.8. The van der Waals surface area contributed by atoms with Crippen LogP contribution >= 0.6 is 11.6 Å². The number of hydrogen-bond acceptors (Lipinski definition) is 7. The van der Waals surface area contributed by atoms with Crippen molar-refractivity contribution in [1.29, 1.82) is 0 Å². The maximum atomic E-state index is 12.8. The van der Waals surface area contributed by atoms with Crippen molar-refractivity contribution in [3.8, 4) is 17.2 Å². The number of amides is 1. The third-order valence-electron chi connectivity index (χ3n) is 4.73. The van der Waals surface area contributed by atoms with Gasteiger partial charge >= 0.3 is 5.69 Å². The molecule has 0 radical (unpaired) electrons. The maximum Gasteiger partial charge on any atom is 0.352 e. The van der Waals surface area contributed by atoms with E-state index in [9.17, 15) is 14.4 Å². The molecule has 10 nitrogen and oxygen atoms in total. The largest absolute Gasteiger partial charge is 0.352 e. The molecule has 0 bridgehead atoms. The molecule has 1 amide bonds. The van der Waals surface area contributed by atoms with Crippen molar-refractivity contribution in [3.63, 3.8) is 0 Å². The van der Waals surface area contributed by atoms with Crippen molar-refractivity contribution in [2.24, 2.45) is 0 Å². The van der Waals surface area contributed by atoms with Gasteiger partial charge in [-0.2, -0.15) is 14.8 Å². The first kappa shape index (κ1) is 22.2. The number of nitrogens with one attached hydrogen (secondary N) is 1. The van der Waals surface area contributed by atoms with Crippen molar-refractivity contribution in [2.75, 3.05) is 5.32 Å². The first-order valence-electron chi connectivity index (χ1n) is 10.1. The summed E-state index contributed by atoms with van der Waals surface area (Å²) in [6, 6.07) is 15.5. The summed E-state index contributed by atoms with van der Waals surface area (Å²) in [5.74, 6) is -0.161. The van der Waals surface area contributed by atoms with Crippen LogP contribution in [0.5, 0.6) is 0 Å².